The first-order chi connectivity index (χ1) is 18.8. The normalized spacial score (nSPS) is 14.6. The Bertz CT molecular complexity index is 1480. The van der Waals surface area contributed by atoms with Crippen LogP contribution in [0.2, 0.25) is 0 Å². The SMILES string of the molecule is CCC(N(C)c1nc(-c2ccnc(Nc3ccc(C=CN)nc3)c2)nc2cncc(C3CC3)c12)C(C)(C)CN. The van der Waals surface area contributed by atoms with Crippen LogP contribution in [0, 0.1) is 5.41 Å². The molecule has 4 heterocycles. The molecule has 1 saturated carbocycles. The van der Waals surface area contributed by atoms with E-state index in [1.54, 1.807) is 18.5 Å². The molecule has 5 N–H and O–H groups in total. The number of hydrogen-bond donors (Lipinski definition) is 3. The first kappa shape index (κ1) is 26.5. The molecule has 202 valence electrons. The van der Waals surface area contributed by atoms with Crippen molar-refractivity contribution in [1.29, 1.82) is 0 Å². The third-order valence-corrected chi connectivity index (χ3v) is 7.59. The number of nitrogens with zero attached hydrogens (tertiary/aromatic N) is 6. The molecular weight excluding hydrogens is 486 g/mol. The highest BCUT2D eigenvalue weighted by atomic mass is 15.2. The summed E-state index contributed by atoms with van der Waals surface area (Å²) in [6.07, 6.45) is 13.9. The van der Waals surface area contributed by atoms with Gasteiger partial charge in [-0.25, -0.2) is 15.0 Å². The molecule has 4 aromatic heterocycles. The Morgan fingerprint density at radius 2 is 1.95 bits per heavy atom. The third kappa shape index (κ3) is 5.54. The van der Waals surface area contributed by atoms with E-state index in [9.17, 15) is 0 Å². The molecule has 0 bridgehead atoms. The zero-order valence-corrected chi connectivity index (χ0v) is 23.1. The van der Waals surface area contributed by atoms with Crippen molar-refractivity contribution in [3.63, 3.8) is 0 Å². The van der Waals surface area contributed by atoms with Crippen molar-refractivity contribution < 1.29 is 0 Å². The standard InChI is InChI=1S/C30H37N9/c1-5-25(30(2,3)18-32)39(4)29-27-23(19-6-7-19)16-33-17-24(27)37-28(38-29)20-11-13-34-26(14-20)36-22-9-8-21(10-12-31)35-15-22/h8-17,19,25H,5-7,18,31-32H2,1-4H3,(H,34,36). The van der Waals surface area contributed by atoms with Crippen LogP contribution in [0.4, 0.5) is 17.3 Å². The number of aromatic nitrogens is 5. The summed E-state index contributed by atoms with van der Waals surface area (Å²) < 4.78 is 0. The average Bonchev–Trinajstić information content (AvgIpc) is 3.79. The minimum atomic E-state index is -0.0923. The Hall–Kier alpha value is -4.11. The minimum Gasteiger partial charge on any atom is -0.405 e. The topological polar surface area (TPSA) is 132 Å². The molecule has 0 saturated heterocycles. The van der Waals surface area contributed by atoms with E-state index >= 15 is 0 Å². The average molecular weight is 524 g/mol. The van der Waals surface area contributed by atoms with Crippen LogP contribution in [0.25, 0.3) is 28.4 Å². The van der Waals surface area contributed by atoms with Crippen molar-refractivity contribution in [2.75, 3.05) is 23.8 Å². The van der Waals surface area contributed by atoms with Crippen molar-refractivity contribution >= 4 is 34.3 Å². The highest BCUT2D eigenvalue weighted by molar-refractivity contribution is 5.94. The highest BCUT2D eigenvalue weighted by Crippen LogP contribution is 2.45. The highest BCUT2D eigenvalue weighted by Gasteiger charge is 2.34. The summed E-state index contributed by atoms with van der Waals surface area (Å²) in [5.41, 5.74) is 16.2. The molecule has 4 aromatic rings. The maximum Gasteiger partial charge on any atom is 0.162 e. The summed E-state index contributed by atoms with van der Waals surface area (Å²) in [4.78, 5) is 25.9. The van der Waals surface area contributed by atoms with Gasteiger partial charge in [-0.3, -0.25) is 9.97 Å². The van der Waals surface area contributed by atoms with Crippen LogP contribution < -0.4 is 21.7 Å². The van der Waals surface area contributed by atoms with Gasteiger partial charge in [-0.15, -0.1) is 0 Å². The molecule has 1 aliphatic carbocycles. The summed E-state index contributed by atoms with van der Waals surface area (Å²) in [6, 6.07) is 7.92. The van der Waals surface area contributed by atoms with Gasteiger partial charge in [0.1, 0.15) is 11.6 Å². The van der Waals surface area contributed by atoms with Gasteiger partial charge in [0.05, 0.1) is 29.3 Å². The fourth-order valence-corrected chi connectivity index (χ4v) is 5.27. The fourth-order valence-electron chi connectivity index (χ4n) is 5.27. The second-order valence-electron chi connectivity index (χ2n) is 10.9. The van der Waals surface area contributed by atoms with Gasteiger partial charge in [-0.05, 0) is 79.2 Å². The van der Waals surface area contributed by atoms with Crippen molar-refractivity contribution in [3.05, 3.63) is 66.5 Å². The van der Waals surface area contributed by atoms with E-state index in [0.29, 0.717) is 24.1 Å². The van der Waals surface area contributed by atoms with Gasteiger partial charge in [0.2, 0.25) is 0 Å². The molecular formula is C30H37N9. The Morgan fingerprint density at radius 3 is 2.62 bits per heavy atom. The van der Waals surface area contributed by atoms with E-state index in [4.69, 9.17) is 21.4 Å². The summed E-state index contributed by atoms with van der Waals surface area (Å²) in [5.74, 6) is 2.75. The number of nitrogens with one attached hydrogen (secondary N) is 1. The van der Waals surface area contributed by atoms with Crippen LogP contribution in [0.5, 0.6) is 0 Å². The van der Waals surface area contributed by atoms with E-state index in [2.05, 4.69) is 53.0 Å². The number of rotatable bonds is 10. The lowest BCUT2D eigenvalue weighted by molar-refractivity contribution is 0.281. The maximum absolute atomic E-state index is 6.23. The summed E-state index contributed by atoms with van der Waals surface area (Å²) in [6.45, 7) is 7.24. The van der Waals surface area contributed by atoms with Crippen LogP contribution in [0.1, 0.15) is 57.2 Å². The summed E-state index contributed by atoms with van der Waals surface area (Å²) >= 11 is 0. The Labute approximate surface area is 229 Å². The lowest BCUT2D eigenvalue weighted by Crippen LogP contribution is -2.47. The molecule has 0 aromatic carbocycles. The predicted molar refractivity (Wildman–Crippen MR) is 159 cm³/mol. The number of hydrogen-bond acceptors (Lipinski definition) is 9. The Morgan fingerprint density at radius 1 is 1.13 bits per heavy atom. The summed E-state index contributed by atoms with van der Waals surface area (Å²) in [7, 11) is 2.13. The monoisotopic (exact) mass is 523 g/mol. The van der Waals surface area contributed by atoms with Crippen molar-refractivity contribution in [3.8, 4) is 11.4 Å². The number of fused-ring (bicyclic) bond motifs is 1. The first-order valence-electron chi connectivity index (χ1n) is 13.5. The van der Waals surface area contributed by atoms with Crippen LogP contribution >= 0.6 is 0 Å². The second kappa shape index (κ2) is 10.9. The molecule has 1 atom stereocenters. The fraction of sp³-hybridized carbons (Fsp3) is 0.367. The van der Waals surface area contributed by atoms with Gasteiger partial charge in [-0.2, -0.15) is 0 Å². The van der Waals surface area contributed by atoms with Gasteiger partial charge in [-0.1, -0.05) is 20.8 Å². The van der Waals surface area contributed by atoms with Gasteiger partial charge in [0, 0.05) is 36.4 Å². The molecule has 9 nitrogen and oxygen atoms in total. The van der Waals surface area contributed by atoms with E-state index in [1.807, 2.05) is 36.7 Å². The molecule has 5 rings (SSSR count). The Balaban J connectivity index is 1.57. The first-order valence-corrected chi connectivity index (χ1v) is 13.5. The smallest absolute Gasteiger partial charge is 0.162 e. The molecule has 0 amide bonds. The van der Waals surface area contributed by atoms with Crippen molar-refractivity contribution in [2.24, 2.45) is 16.9 Å². The van der Waals surface area contributed by atoms with Gasteiger partial charge in [0.25, 0.3) is 0 Å². The quantitative estimate of drug-likeness (QED) is 0.255. The largest absolute Gasteiger partial charge is 0.405 e. The van der Waals surface area contributed by atoms with Crippen molar-refractivity contribution in [1.82, 2.24) is 24.9 Å². The van der Waals surface area contributed by atoms with Crippen LogP contribution in [-0.2, 0) is 0 Å². The molecule has 1 unspecified atom stereocenters. The Kier molecular flexibility index (Phi) is 7.43. The number of anilines is 3. The van der Waals surface area contributed by atoms with Crippen LogP contribution in [-0.4, -0.2) is 44.6 Å². The molecule has 0 aliphatic heterocycles. The molecule has 39 heavy (non-hydrogen) atoms. The van der Waals surface area contributed by atoms with Crippen molar-refractivity contribution in [2.45, 2.75) is 52.0 Å². The van der Waals surface area contributed by atoms with E-state index < -0.39 is 0 Å². The van der Waals surface area contributed by atoms with E-state index in [1.165, 1.54) is 24.6 Å². The van der Waals surface area contributed by atoms with Crippen LogP contribution in [0.3, 0.4) is 0 Å². The van der Waals surface area contributed by atoms with E-state index in [0.717, 1.165) is 40.1 Å². The van der Waals surface area contributed by atoms with Gasteiger partial charge < -0.3 is 21.7 Å². The van der Waals surface area contributed by atoms with Gasteiger partial charge >= 0.3 is 0 Å². The molecule has 1 aliphatic rings. The molecule has 0 spiro atoms. The lowest BCUT2D eigenvalue weighted by atomic mass is 9.82. The van der Waals surface area contributed by atoms with Crippen LogP contribution in [0.15, 0.2) is 55.3 Å². The third-order valence-electron chi connectivity index (χ3n) is 7.59. The van der Waals surface area contributed by atoms with Gasteiger partial charge in [0.15, 0.2) is 5.82 Å². The molecule has 0 radical (unpaired) electrons. The zero-order chi connectivity index (χ0) is 27.6. The number of nitrogens with two attached hydrogens (primary N) is 2. The molecule has 1 fully saturated rings. The summed E-state index contributed by atoms with van der Waals surface area (Å²) in [5, 5.41) is 4.42. The maximum atomic E-state index is 6.23. The predicted octanol–water partition coefficient (Wildman–Crippen LogP) is 5.23. The molecule has 9 heteroatoms. The van der Waals surface area contributed by atoms with E-state index in [-0.39, 0.29) is 11.5 Å². The second-order valence-corrected chi connectivity index (χ2v) is 10.9. The zero-order valence-electron chi connectivity index (χ0n) is 23.1. The minimum absolute atomic E-state index is 0.0923. The number of pyridine rings is 3. The lowest BCUT2D eigenvalue weighted by Gasteiger charge is -2.40.